The van der Waals surface area contributed by atoms with Crippen LogP contribution in [-0.2, 0) is 4.79 Å². The van der Waals surface area contributed by atoms with Crippen molar-refractivity contribution in [3.8, 4) is 0 Å². The predicted molar refractivity (Wildman–Crippen MR) is 57.6 cm³/mol. The summed E-state index contributed by atoms with van der Waals surface area (Å²) in [6.07, 6.45) is 3.30. The van der Waals surface area contributed by atoms with Gasteiger partial charge in [0.15, 0.2) is 0 Å². The molecule has 14 heavy (non-hydrogen) atoms. The molecule has 2 fully saturated rings. The average Bonchev–Trinajstić information content (AvgIpc) is 2.88. The summed E-state index contributed by atoms with van der Waals surface area (Å²) in [4.78, 5) is 11.3. The van der Waals surface area contributed by atoms with Crippen LogP contribution in [0.4, 0.5) is 0 Å². The van der Waals surface area contributed by atoms with Crippen molar-refractivity contribution >= 4 is 17.7 Å². The molecule has 3 nitrogen and oxygen atoms in total. The van der Waals surface area contributed by atoms with Gasteiger partial charge < -0.3 is 10.4 Å². The second-order valence-corrected chi connectivity index (χ2v) is 5.81. The third kappa shape index (κ3) is 1.77. The van der Waals surface area contributed by atoms with Crippen LogP contribution in [0.3, 0.4) is 0 Å². The van der Waals surface area contributed by atoms with Crippen LogP contribution in [0.15, 0.2) is 0 Å². The lowest BCUT2D eigenvalue weighted by Crippen LogP contribution is -2.56. The van der Waals surface area contributed by atoms with Crippen LogP contribution in [0.2, 0.25) is 0 Å². The van der Waals surface area contributed by atoms with Crippen LogP contribution in [-0.4, -0.2) is 34.2 Å². The molecule has 2 rings (SSSR count). The third-order valence-electron chi connectivity index (χ3n) is 3.34. The van der Waals surface area contributed by atoms with E-state index >= 15 is 0 Å². The second-order valence-electron chi connectivity index (χ2n) is 4.36. The molecular formula is C10H17NO2S. The zero-order chi connectivity index (χ0) is 10.2. The molecule has 0 aromatic heterocycles. The minimum Gasteiger partial charge on any atom is -0.480 e. The molecule has 1 aliphatic heterocycles. The SMILES string of the molecule is CC1SCCC1(NCC1CC1)C(=O)O. The summed E-state index contributed by atoms with van der Waals surface area (Å²) >= 11 is 1.76. The molecule has 0 spiro atoms. The van der Waals surface area contributed by atoms with Crippen LogP contribution >= 0.6 is 11.8 Å². The Kier molecular flexibility index (Phi) is 2.75. The summed E-state index contributed by atoms with van der Waals surface area (Å²) in [6.45, 7) is 2.91. The molecular weight excluding hydrogens is 198 g/mol. The van der Waals surface area contributed by atoms with E-state index in [1.807, 2.05) is 6.92 Å². The van der Waals surface area contributed by atoms with E-state index in [-0.39, 0.29) is 5.25 Å². The van der Waals surface area contributed by atoms with Gasteiger partial charge in [0, 0.05) is 5.25 Å². The van der Waals surface area contributed by atoms with Crippen molar-refractivity contribution in [2.24, 2.45) is 5.92 Å². The topological polar surface area (TPSA) is 49.3 Å². The molecule has 1 saturated carbocycles. The van der Waals surface area contributed by atoms with Gasteiger partial charge in [0.25, 0.3) is 0 Å². The molecule has 0 aromatic rings. The van der Waals surface area contributed by atoms with Gasteiger partial charge in [-0.05, 0) is 37.5 Å². The number of carboxylic acids is 1. The lowest BCUT2D eigenvalue weighted by molar-refractivity contribution is -0.144. The first-order chi connectivity index (χ1) is 6.65. The molecule has 1 heterocycles. The first-order valence-electron chi connectivity index (χ1n) is 5.25. The second kappa shape index (κ2) is 3.74. The summed E-state index contributed by atoms with van der Waals surface area (Å²) in [5.41, 5.74) is -0.646. The molecule has 2 N–H and O–H groups in total. The quantitative estimate of drug-likeness (QED) is 0.743. The van der Waals surface area contributed by atoms with E-state index in [2.05, 4.69) is 5.32 Å². The van der Waals surface area contributed by atoms with E-state index < -0.39 is 11.5 Å². The van der Waals surface area contributed by atoms with Gasteiger partial charge in [-0.25, -0.2) is 0 Å². The fourth-order valence-electron chi connectivity index (χ4n) is 1.98. The van der Waals surface area contributed by atoms with Gasteiger partial charge in [-0.15, -0.1) is 0 Å². The van der Waals surface area contributed by atoms with Crippen molar-refractivity contribution in [3.05, 3.63) is 0 Å². The maximum Gasteiger partial charge on any atom is 0.325 e. The molecule has 1 aliphatic carbocycles. The van der Waals surface area contributed by atoms with E-state index in [9.17, 15) is 9.90 Å². The number of aliphatic carboxylic acids is 1. The minimum atomic E-state index is -0.671. The highest BCUT2D eigenvalue weighted by molar-refractivity contribution is 8.00. The average molecular weight is 215 g/mol. The molecule has 2 aliphatic rings. The zero-order valence-corrected chi connectivity index (χ0v) is 9.27. The van der Waals surface area contributed by atoms with Crippen LogP contribution in [0.5, 0.6) is 0 Å². The van der Waals surface area contributed by atoms with Gasteiger partial charge in [0.1, 0.15) is 5.54 Å². The lowest BCUT2D eigenvalue weighted by Gasteiger charge is -2.29. The summed E-state index contributed by atoms with van der Waals surface area (Å²) in [6, 6.07) is 0. The van der Waals surface area contributed by atoms with Crippen LogP contribution < -0.4 is 5.32 Å². The fourth-order valence-corrected chi connectivity index (χ4v) is 3.36. The Morgan fingerprint density at radius 1 is 1.64 bits per heavy atom. The number of carbonyl (C=O) groups is 1. The summed E-state index contributed by atoms with van der Waals surface area (Å²) in [5.74, 6) is 1.03. The zero-order valence-electron chi connectivity index (χ0n) is 8.45. The van der Waals surface area contributed by atoms with Gasteiger partial charge in [0.05, 0.1) is 0 Å². The van der Waals surface area contributed by atoms with E-state index in [0.29, 0.717) is 0 Å². The normalized spacial score (nSPS) is 37.4. The predicted octanol–water partition coefficient (Wildman–Crippen LogP) is 1.33. The first-order valence-corrected chi connectivity index (χ1v) is 6.30. The highest BCUT2D eigenvalue weighted by Gasteiger charge is 2.47. The van der Waals surface area contributed by atoms with Crippen molar-refractivity contribution in [1.82, 2.24) is 5.32 Å². The van der Waals surface area contributed by atoms with Gasteiger partial charge >= 0.3 is 5.97 Å². The summed E-state index contributed by atoms with van der Waals surface area (Å²) < 4.78 is 0. The largest absolute Gasteiger partial charge is 0.480 e. The molecule has 80 valence electrons. The Balaban J connectivity index is 2.00. The minimum absolute atomic E-state index is 0.193. The molecule has 4 heteroatoms. The Morgan fingerprint density at radius 3 is 2.79 bits per heavy atom. The van der Waals surface area contributed by atoms with E-state index in [0.717, 1.165) is 24.6 Å². The van der Waals surface area contributed by atoms with E-state index in [4.69, 9.17) is 0 Å². The maximum absolute atomic E-state index is 11.3. The third-order valence-corrected chi connectivity index (χ3v) is 4.69. The molecule has 0 aromatic carbocycles. The molecule has 0 amide bonds. The van der Waals surface area contributed by atoms with E-state index in [1.54, 1.807) is 11.8 Å². The highest BCUT2D eigenvalue weighted by Crippen LogP contribution is 2.37. The molecule has 2 unspecified atom stereocenters. The van der Waals surface area contributed by atoms with Crippen LogP contribution in [0, 0.1) is 5.92 Å². The van der Waals surface area contributed by atoms with Crippen molar-refractivity contribution in [2.75, 3.05) is 12.3 Å². The molecule has 2 atom stereocenters. The number of nitrogens with one attached hydrogen (secondary N) is 1. The number of carboxylic acid groups (broad SMARTS) is 1. The maximum atomic E-state index is 11.3. The number of hydrogen-bond acceptors (Lipinski definition) is 3. The van der Waals surface area contributed by atoms with Crippen LogP contribution in [0.1, 0.15) is 26.2 Å². The van der Waals surface area contributed by atoms with Crippen molar-refractivity contribution in [3.63, 3.8) is 0 Å². The lowest BCUT2D eigenvalue weighted by atomic mass is 9.92. The Bertz CT molecular complexity index is 242. The van der Waals surface area contributed by atoms with Crippen LogP contribution in [0.25, 0.3) is 0 Å². The van der Waals surface area contributed by atoms with Crippen molar-refractivity contribution in [2.45, 2.75) is 37.0 Å². The standard InChI is InChI=1S/C10H17NO2S/c1-7-10(9(12)13,4-5-14-7)11-6-8-2-3-8/h7-8,11H,2-6H2,1H3,(H,12,13). The molecule has 1 saturated heterocycles. The number of thioether (sulfide) groups is 1. The van der Waals surface area contributed by atoms with Crippen molar-refractivity contribution < 1.29 is 9.90 Å². The smallest absolute Gasteiger partial charge is 0.325 e. The summed E-state index contributed by atoms with van der Waals surface area (Å²) in [7, 11) is 0. The van der Waals surface area contributed by atoms with Crippen molar-refractivity contribution in [1.29, 1.82) is 0 Å². The van der Waals surface area contributed by atoms with Gasteiger partial charge in [-0.2, -0.15) is 11.8 Å². The Morgan fingerprint density at radius 2 is 2.36 bits per heavy atom. The monoisotopic (exact) mass is 215 g/mol. The van der Waals surface area contributed by atoms with Gasteiger partial charge in [-0.3, -0.25) is 4.79 Å². The Hall–Kier alpha value is -0.220. The highest BCUT2D eigenvalue weighted by atomic mass is 32.2. The first kappa shape index (κ1) is 10.3. The van der Waals surface area contributed by atoms with Gasteiger partial charge in [0.2, 0.25) is 0 Å². The number of rotatable bonds is 4. The van der Waals surface area contributed by atoms with Gasteiger partial charge in [-0.1, -0.05) is 6.92 Å². The van der Waals surface area contributed by atoms with E-state index in [1.165, 1.54) is 12.8 Å². The number of hydrogen-bond donors (Lipinski definition) is 2. The fraction of sp³-hybridized carbons (Fsp3) is 0.900. The Labute approximate surface area is 88.6 Å². The summed E-state index contributed by atoms with van der Waals surface area (Å²) in [5, 5.41) is 12.8. The molecule has 0 bridgehead atoms. The molecule has 0 radical (unpaired) electrons.